The predicted octanol–water partition coefficient (Wildman–Crippen LogP) is 6.13. The van der Waals surface area contributed by atoms with E-state index in [1.54, 1.807) is 12.3 Å². The maximum atomic E-state index is 12.2. The number of hydrogen-bond donors (Lipinski definition) is 1. The van der Waals surface area contributed by atoms with Crippen molar-refractivity contribution in [3.05, 3.63) is 65.5 Å². The highest BCUT2D eigenvalue weighted by atomic mass is 16.2. The van der Waals surface area contributed by atoms with Crippen LogP contribution >= 0.6 is 0 Å². The number of hydrogen-bond acceptors (Lipinski definition) is 2. The molecule has 1 amide bonds. The van der Waals surface area contributed by atoms with Crippen LogP contribution in [0, 0.1) is 0 Å². The minimum absolute atomic E-state index is 0.201. The third-order valence-electron chi connectivity index (χ3n) is 5.72. The van der Waals surface area contributed by atoms with Gasteiger partial charge in [0.15, 0.2) is 12.4 Å². The molecule has 0 atom stereocenters. The zero-order chi connectivity index (χ0) is 22.3. The number of nitrogens with one attached hydrogen (secondary N) is 1. The van der Waals surface area contributed by atoms with Crippen LogP contribution < -0.4 is 9.99 Å². The number of nitrogens with zero attached hydrogens (tertiary/aromatic N) is 2. The molecular weight excluding hydrogens is 382 g/mol. The number of pyridine rings is 1. The van der Waals surface area contributed by atoms with Crippen molar-refractivity contribution in [2.75, 3.05) is 0 Å². The van der Waals surface area contributed by atoms with Crippen LogP contribution in [-0.2, 0) is 13.5 Å². The largest absolute Gasteiger partial charge is 0.277 e. The van der Waals surface area contributed by atoms with Gasteiger partial charge in [-0.1, -0.05) is 89.0 Å². The average molecular weight is 423 g/mol. The first-order chi connectivity index (χ1) is 15.1. The zero-order valence-corrected chi connectivity index (χ0v) is 19.7. The molecule has 1 N–H and O–H groups in total. The van der Waals surface area contributed by atoms with Crippen LogP contribution in [0.2, 0.25) is 0 Å². The Morgan fingerprint density at radius 1 is 0.871 bits per heavy atom. The van der Waals surface area contributed by atoms with Gasteiger partial charge in [-0.25, -0.2) is 9.99 Å². The summed E-state index contributed by atoms with van der Waals surface area (Å²) in [6, 6.07) is 12.2. The van der Waals surface area contributed by atoms with Crippen LogP contribution in [0.1, 0.15) is 99.5 Å². The molecule has 0 aliphatic heterocycles. The van der Waals surface area contributed by atoms with Gasteiger partial charge in [-0.2, -0.15) is 5.10 Å². The van der Waals surface area contributed by atoms with Gasteiger partial charge in [0.05, 0.1) is 5.71 Å². The molecule has 4 heteroatoms. The lowest BCUT2D eigenvalue weighted by Gasteiger charge is -2.06. The van der Waals surface area contributed by atoms with Crippen molar-refractivity contribution >= 4 is 11.6 Å². The molecule has 1 aromatic carbocycles. The van der Waals surface area contributed by atoms with Gasteiger partial charge in [0.2, 0.25) is 0 Å². The standard InChI is InChI=1S/C27H39N3O/c1-4-5-6-7-8-9-10-11-12-13-15-24-17-19-25(20-18-24)23(2)28-29-27(31)26-16-14-21-30(3)22-26/h14,16-22H,4-13,15H2,1-3H3/p+1/b28-23-. The van der Waals surface area contributed by atoms with Gasteiger partial charge in [-0.3, -0.25) is 4.79 Å². The molecule has 168 valence electrons. The number of carbonyl (C=O) groups excluding carboxylic acids is 1. The number of benzene rings is 1. The van der Waals surface area contributed by atoms with E-state index in [0.717, 1.165) is 17.7 Å². The smallest absolute Gasteiger partial charge is 0.267 e. The van der Waals surface area contributed by atoms with Crippen molar-refractivity contribution in [2.24, 2.45) is 12.1 Å². The minimum Gasteiger partial charge on any atom is -0.267 e. The predicted molar refractivity (Wildman–Crippen MR) is 129 cm³/mol. The summed E-state index contributed by atoms with van der Waals surface area (Å²) in [5.41, 5.74) is 6.45. The van der Waals surface area contributed by atoms with E-state index in [4.69, 9.17) is 0 Å². The fraction of sp³-hybridized carbons (Fsp3) is 0.519. The molecule has 1 aromatic heterocycles. The molecule has 1 heterocycles. The van der Waals surface area contributed by atoms with Gasteiger partial charge in [0, 0.05) is 6.07 Å². The summed E-state index contributed by atoms with van der Waals surface area (Å²) in [5.74, 6) is -0.201. The van der Waals surface area contributed by atoms with Crippen LogP contribution in [0.4, 0.5) is 0 Å². The van der Waals surface area contributed by atoms with Gasteiger partial charge < -0.3 is 0 Å². The highest BCUT2D eigenvalue weighted by molar-refractivity contribution is 6.00. The van der Waals surface area contributed by atoms with Crippen LogP contribution in [0.25, 0.3) is 0 Å². The minimum atomic E-state index is -0.201. The Hall–Kier alpha value is -2.49. The van der Waals surface area contributed by atoms with Crippen molar-refractivity contribution in [1.82, 2.24) is 5.43 Å². The van der Waals surface area contributed by atoms with Crippen LogP contribution in [0.15, 0.2) is 53.9 Å². The lowest BCUT2D eigenvalue weighted by molar-refractivity contribution is -0.671. The summed E-state index contributed by atoms with van der Waals surface area (Å²) < 4.78 is 1.85. The maximum Gasteiger partial charge on any atom is 0.277 e. The van der Waals surface area contributed by atoms with Crippen molar-refractivity contribution in [2.45, 2.75) is 84.5 Å². The molecule has 0 unspecified atom stereocenters. The molecule has 0 fully saturated rings. The fourth-order valence-electron chi connectivity index (χ4n) is 3.72. The average Bonchev–Trinajstić information content (AvgIpc) is 2.79. The summed E-state index contributed by atoms with van der Waals surface area (Å²) in [6.07, 6.45) is 18.5. The quantitative estimate of drug-likeness (QED) is 0.169. The van der Waals surface area contributed by atoms with E-state index in [1.165, 1.54) is 69.8 Å². The zero-order valence-electron chi connectivity index (χ0n) is 19.7. The first-order valence-corrected chi connectivity index (χ1v) is 12.0. The number of hydrazone groups is 1. The molecular formula is C27H40N3O+. The lowest BCUT2D eigenvalue weighted by atomic mass is 10.0. The summed E-state index contributed by atoms with van der Waals surface area (Å²) >= 11 is 0. The molecule has 2 aromatic rings. The molecule has 2 rings (SSSR count). The van der Waals surface area contributed by atoms with Crippen molar-refractivity contribution in [1.29, 1.82) is 0 Å². The Bertz CT molecular complexity index is 811. The number of unbranched alkanes of at least 4 members (excludes halogenated alkanes) is 9. The van der Waals surface area contributed by atoms with Crippen molar-refractivity contribution < 1.29 is 9.36 Å². The van der Waals surface area contributed by atoms with Crippen LogP contribution in [0.3, 0.4) is 0 Å². The van der Waals surface area contributed by atoms with Gasteiger partial charge in [-0.15, -0.1) is 0 Å². The van der Waals surface area contributed by atoms with E-state index >= 15 is 0 Å². The van der Waals surface area contributed by atoms with Crippen molar-refractivity contribution in [3.63, 3.8) is 0 Å². The Morgan fingerprint density at radius 2 is 1.48 bits per heavy atom. The summed E-state index contributed by atoms with van der Waals surface area (Å²) in [4.78, 5) is 12.2. The number of rotatable bonds is 14. The monoisotopic (exact) mass is 422 g/mol. The lowest BCUT2D eigenvalue weighted by Crippen LogP contribution is -2.30. The maximum absolute atomic E-state index is 12.2. The summed E-state index contributed by atoms with van der Waals surface area (Å²) in [5, 5.41) is 4.27. The molecule has 0 aliphatic carbocycles. The first-order valence-electron chi connectivity index (χ1n) is 12.0. The second-order valence-corrected chi connectivity index (χ2v) is 8.53. The number of aryl methyl sites for hydroxylation is 2. The third-order valence-corrected chi connectivity index (χ3v) is 5.72. The van der Waals surface area contributed by atoms with E-state index in [1.807, 2.05) is 30.8 Å². The molecule has 31 heavy (non-hydrogen) atoms. The molecule has 0 bridgehead atoms. The molecule has 0 aliphatic rings. The topological polar surface area (TPSA) is 45.3 Å². The van der Waals surface area contributed by atoms with Crippen LogP contribution in [0.5, 0.6) is 0 Å². The SMILES string of the molecule is CCCCCCCCCCCCc1ccc(/C(C)=N\NC(=O)c2ccc[n+](C)c2)cc1. The Kier molecular flexibility index (Phi) is 11.6. The van der Waals surface area contributed by atoms with Gasteiger partial charge >= 0.3 is 0 Å². The van der Waals surface area contributed by atoms with E-state index < -0.39 is 0 Å². The highest BCUT2D eigenvalue weighted by Crippen LogP contribution is 2.13. The Balaban J connectivity index is 1.66. The van der Waals surface area contributed by atoms with Gasteiger partial charge in [0.25, 0.3) is 5.91 Å². The Morgan fingerprint density at radius 3 is 2.10 bits per heavy atom. The van der Waals surface area contributed by atoms with Gasteiger partial charge in [0.1, 0.15) is 12.6 Å². The number of amides is 1. The molecule has 0 saturated carbocycles. The fourth-order valence-corrected chi connectivity index (χ4v) is 3.72. The van der Waals surface area contributed by atoms with E-state index in [0.29, 0.717) is 5.56 Å². The number of carbonyl (C=O) groups is 1. The highest BCUT2D eigenvalue weighted by Gasteiger charge is 2.08. The first kappa shape index (κ1) is 24.8. The summed E-state index contributed by atoms with van der Waals surface area (Å²) in [6.45, 7) is 4.19. The molecule has 0 spiro atoms. The van der Waals surface area contributed by atoms with E-state index in [-0.39, 0.29) is 5.91 Å². The van der Waals surface area contributed by atoms with E-state index in [2.05, 4.69) is 41.7 Å². The molecule has 0 saturated heterocycles. The normalized spacial score (nSPS) is 11.5. The van der Waals surface area contributed by atoms with Crippen molar-refractivity contribution in [3.8, 4) is 0 Å². The molecule has 0 radical (unpaired) electrons. The Labute approximate surface area is 188 Å². The third kappa shape index (κ3) is 9.91. The van der Waals surface area contributed by atoms with E-state index in [9.17, 15) is 4.79 Å². The molecule has 4 nitrogen and oxygen atoms in total. The summed E-state index contributed by atoms with van der Waals surface area (Å²) in [7, 11) is 1.89. The number of aromatic nitrogens is 1. The van der Waals surface area contributed by atoms with Crippen LogP contribution in [-0.4, -0.2) is 11.6 Å². The second kappa shape index (κ2) is 14.5. The van der Waals surface area contributed by atoms with Gasteiger partial charge in [-0.05, 0) is 37.0 Å². The second-order valence-electron chi connectivity index (χ2n) is 8.53.